The Balaban J connectivity index is 1.38. The average molecular weight is 536 g/mol. The summed E-state index contributed by atoms with van der Waals surface area (Å²) in [5, 5.41) is 2.32. The number of amides is 3. The van der Waals surface area contributed by atoms with Crippen molar-refractivity contribution in [2.45, 2.75) is 22.7 Å². The first kappa shape index (κ1) is 23.4. The molecule has 37 heavy (non-hydrogen) atoms. The molecule has 1 saturated heterocycles. The van der Waals surface area contributed by atoms with Crippen molar-refractivity contribution in [1.29, 1.82) is 0 Å². The highest BCUT2D eigenvalue weighted by Gasteiger charge is 2.57. The number of anilines is 2. The third kappa shape index (κ3) is 4.00. The standard InChI is InChI=1S/C26H18FN3O5S2/c27-14-8-10-15(11-9-14)28-18(31)13-29-25-22(37-26(29)34)19(17-7-4-12-35-17)20-21(36-25)24(33)30(23(20)32)16-5-2-1-3-6-16/h1-12,19-21H,13H2,(H,28,31)/t19-,20?,21?/m1/s1. The molecule has 3 amide bonds. The number of rotatable bonds is 5. The van der Waals surface area contributed by atoms with Gasteiger partial charge in [-0.15, -0.1) is 0 Å². The molecule has 4 heterocycles. The summed E-state index contributed by atoms with van der Waals surface area (Å²) in [7, 11) is 0. The lowest BCUT2D eigenvalue weighted by molar-refractivity contribution is -0.122. The van der Waals surface area contributed by atoms with Crippen LogP contribution in [-0.2, 0) is 20.9 Å². The van der Waals surface area contributed by atoms with Crippen LogP contribution in [0.4, 0.5) is 15.8 Å². The first-order chi connectivity index (χ1) is 17.9. The van der Waals surface area contributed by atoms with Gasteiger partial charge in [0.15, 0.2) is 0 Å². The Kier molecular flexibility index (Phi) is 5.81. The number of imide groups is 1. The molecule has 4 aromatic rings. The number of nitrogens with zero attached hydrogens (tertiary/aromatic N) is 2. The van der Waals surface area contributed by atoms with Gasteiger partial charge in [-0.1, -0.05) is 41.3 Å². The topological polar surface area (TPSA) is 102 Å². The summed E-state index contributed by atoms with van der Waals surface area (Å²) in [5.41, 5.74) is 0.866. The molecule has 8 nitrogen and oxygen atoms in total. The third-order valence-electron chi connectivity index (χ3n) is 6.34. The van der Waals surface area contributed by atoms with Gasteiger partial charge in [0, 0.05) is 5.69 Å². The quantitative estimate of drug-likeness (QED) is 0.387. The van der Waals surface area contributed by atoms with Crippen molar-refractivity contribution in [2.24, 2.45) is 5.92 Å². The summed E-state index contributed by atoms with van der Waals surface area (Å²) in [5.74, 6) is -2.60. The summed E-state index contributed by atoms with van der Waals surface area (Å²) in [6, 6.07) is 17.4. The molecular formula is C26H18FN3O5S2. The summed E-state index contributed by atoms with van der Waals surface area (Å²) in [4.78, 5) is 54.4. The van der Waals surface area contributed by atoms with Crippen LogP contribution in [0.15, 0.2) is 87.2 Å². The molecule has 2 unspecified atom stereocenters. The molecule has 2 aromatic carbocycles. The highest BCUT2D eigenvalue weighted by Crippen LogP contribution is 2.53. The van der Waals surface area contributed by atoms with Crippen molar-refractivity contribution in [3.63, 3.8) is 0 Å². The zero-order chi connectivity index (χ0) is 25.7. The van der Waals surface area contributed by atoms with Crippen LogP contribution in [0.3, 0.4) is 0 Å². The molecule has 0 spiro atoms. The average Bonchev–Trinajstić information content (AvgIpc) is 3.59. The monoisotopic (exact) mass is 535 g/mol. The number of hydrogen-bond donors (Lipinski definition) is 1. The van der Waals surface area contributed by atoms with Crippen molar-refractivity contribution in [3.8, 4) is 0 Å². The van der Waals surface area contributed by atoms with Gasteiger partial charge in [-0.3, -0.25) is 23.7 Å². The van der Waals surface area contributed by atoms with Crippen molar-refractivity contribution < 1.29 is 23.2 Å². The Morgan fingerprint density at radius 2 is 1.73 bits per heavy atom. The number of para-hydroxylation sites is 1. The largest absolute Gasteiger partial charge is 0.469 e. The van der Waals surface area contributed by atoms with E-state index in [1.165, 1.54) is 40.0 Å². The van der Waals surface area contributed by atoms with Crippen LogP contribution < -0.4 is 15.1 Å². The van der Waals surface area contributed by atoms with Crippen LogP contribution in [0.2, 0.25) is 0 Å². The number of benzene rings is 2. The number of fused-ring (bicyclic) bond motifs is 2. The van der Waals surface area contributed by atoms with E-state index >= 15 is 0 Å². The molecule has 3 atom stereocenters. The van der Waals surface area contributed by atoms with E-state index in [9.17, 15) is 23.6 Å². The zero-order valence-electron chi connectivity index (χ0n) is 19.0. The van der Waals surface area contributed by atoms with Crippen LogP contribution in [0.25, 0.3) is 0 Å². The predicted molar refractivity (Wildman–Crippen MR) is 136 cm³/mol. The van der Waals surface area contributed by atoms with Crippen LogP contribution in [-0.4, -0.2) is 27.5 Å². The Hall–Kier alpha value is -3.96. The maximum absolute atomic E-state index is 13.6. The second kappa shape index (κ2) is 9.16. The molecule has 0 saturated carbocycles. The maximum atomic E-state index is 13.6. The lowest BCUT2D eigenvalue weighted by Gasteiger charge is -2.29. The van der Waals surface area contributed by atoms with Gasteiger partial charge in [0.1, 0.15) is 23.4 Å². The Morgan fingerprint density at radius 3 is 2.43 bits per heavy atom. The minimum atomic E-state index is -0.796. The van der Waals surface area contributed by atoms with E-state index in [0.29, 0.717) is 27.0 Å². The fraction of sp³-hybridized carbons (Fsp3) is 0.154. The fourth-order valence-corrected chi connectivity index (χ4v) is 7.49. The van der Waals surface area contributed by atoms with Gasteiger partial charge < -0.3 is 9.73 Å². The number of carbonyl (C=O) groups excluding carboxylic acids is 3. The highest BCUT2D eigenvalue weighted by atomic mass is 32.2. The van der Waals surface area contributed by atoms with Gasteiger partial charge in [-0.2, -0.15) is 0 Å². The van der Waals surface area contributed by atoms with E-state index in [0.717, 1.165) is 23.1 Å². The number of carbonyl (C=O) groups is 3. The second-order valence-corrected chi connectivity index (χ2v) is 10.7. The molecule has 0 aliphatic carbocycles. The van der Waals surface area contributed by atoms with Crippen LogP contribution in [0.1, 0.15) is 16.6 Å². The van der Waals surface area contributed by atoms with Crippen LogP contribution >= 0.6 is 23.1 Å². The van der Waals surface area contributed by atoms with Gasteiger partial charge in [0.2, 0.25) is 17.7 Å². The first-order valence-electron chi connectivity index (χ1n) is 11.3. The van der Waals surface area contributed by atoms with Gasteiger partial charge in [-0.25, -0.2) is 9.29 Å². The summed E-state index contributed by atoms with van der Waals surface area (Å²) >= 11 is 2.06. The van der Waals surface area contributed by atoms with Gasteiger partial charge in [-0.05, 0) is 48.5 Å². The summed E-state index contributed by atoms with van der Waals surface area (Å²) in [6.45, 7) is -0.304. The molecule has 1 N–H and O–H groups in total. The number of nitrogens with one attached hydrogen (secondary N) is 1. The van der Waals surface area contributed by atoms with Crippen molar-refractivity contribution in [3.05, 3.63) is 99.1 Å². The van der Waals surface area contributed by atoms with E-state index in [2.05, 4.69) is 5.32 Å². The minimum Gasteiger partial charge on any atom is -0.469 e. The number of thiazole rings is 1. The molecule has 1 fully saturated rings. The molecule has 186 valence electrons. The van der Waals surface area contributed by atoms with Gasteiger partial charge >= 0.3 is 4.87 Å². The lowest BCUT2D eigenvalue weighted by Crippen LogP contribution is -2.32. The zero-order valence-corrected chi connectivity index (χ0v) is 20.6. The molecule has 6 rings (SSSR count). The lowest BCUT2D eigenvalue weighted by atomic mass is 9.87. The van der Waals surface area contributed by atoms with Crippen molar-refractivity contribution in [1.82, 2.24) is 4.57 Å². The SMILES string of the molecule is O=C(Cn1c2c(sc1=O)[C@H](c1ccco1)C1C(=O)N(c3ccccc3)C(=O)C1S2)Nc1ccc(F)cc1. The second-order valence-electron chi connectivity index (χ2n) is 8.58. The van der Waals surface area contributed by atoms with E-state index in [1.807, 2.05) is 0 Å². The van der Waals surface area contributed by atoms with Gasteiger partial charge in [0.05, 0.1) is 33.7 Å². The Bertz CT molecular complexity index is 1560. The smallest absolute Gasteiger partial charge is 0.308 e. The predicted octanol–water partition coefficient (Wildman–Crippen LogP) is 4.08. The normalized spacial score (nSPS) is 20.6. The summed E-state index contributed by atoms with van der Waals surface area (Å²) in [6.07, 6.45) is 1.48. The molecule has 2 aliphatic rings. The number of halogens is 1. The van der Waals surface area contributed by atoms with E-state index in [-0.39, 0.29) is 23.2 Å². The number of aromatic nitrogens is 1. The van der Waals surface area contributed by atoms with Crippen molar-refractivity contribution >= 4 is 52.2 Å². The first-order valence-corrected chi connectivity index (χ1v) is 13.0. The molecule has 0 radical (unpaired) electrons. The number of furan rings is 1. The number of hydrogen-bond acceptors (Lipinski definition) is 7. The maximum Gasteiger partial charge on any atom is 0.308 e. The highest BCUT2D eigenvalue weighted by molar-refractivity contribution is 8.00. The Labute approximate surface area is 217 Å². The summed E-state index contributed by atoms with van der Waals surface area (Å²) < 4.78 is 20.2. The van der Waals surface area contributed by atoms with E-state index in [1.54, 1.807) is 42.5 Å². The molecule has 2 aromatic heterocycles. The van der Waals surface area contributed by atoms with E-state index < -0.39 is 28.8 Å². The van der Waals surface area contributed by atoms with E-state index in [4.69, 9.17) is 4.42 Å². The Morgan fingerprint density at radius 1 is 0.973 bits per heavy atom. The fourth-order valence-electron chi connectivity index (χ4n) is 4.74. The van der Waals surface area contributed by atoms with Crippen LogP contribution in [0.5, 0.6) is 0 Å². The molecule has 11 heteroatoms. The van der Waals surface area contributed by atoms with Gasteiger partial charge in [0.25, 0.3) is 0 Å². The molecule has 0 bridgehead atoms. The van der Waals surface area contributed by atoms with Crippen molar-refractivity contribution in [2.75, 3.05) is 10.2 Å². The van der Waals surface area contributed by atoms with Crippen LogP contribution in [0, 0.1) is 11.7 Å². The third-order valence-corrected chi connectivity index (χ3v) is 8.95. The molecular weight excluding hydrogens is 517 g/mol. The molecule has 2 aliphatic heterocycles. The minimum absolute atomic E-state index is 0.304. The number of thioether (sulfide) groups is 1.